The summed E-state index contributed by atoms with van der Waals surface area (Å²) in [5.41, 5.74) is 0.665. The van der Waals surface area contributed by atoms with E-state index < -0.39 is 0 Å². The molecule has 1 aliphatic heterocycles. The predicted molar refractivity (Wildman–Crippen MR) is 86.8 cm³/mol. The number of rotatable bonds is 3. The van der Waals surface area contributed by atoms with E-state index in [1.54, 1.807) is 12.1 Å². The van der Waals surface area contributed by atoms with E-state index in [0.717, 1.165) is 24.6 Å². The van der Waals surface area contributed by atoms with E-state index in [9.17, 15) is 9.18 Å². The highest BCUT2D eigenvalue weighted by Gasteiger charge is 2.47. The van der Waals surface area contributed by atoms with Gasteiger partial charge in [0.1, 0.15) is 11.6 Å². The van der Waals surface area contributed by atoms with Gasteiger partial charge in [0.2, 0.25) is 5.91 Å². The van der Waals surface area contributed by atoms with Crippen LogP contribution in [0.15, 0.2) is 24.3 Å². The Balaban J connectivity index is 1.46. The van der Waals surface area contributed by atoms with Crippen molar-refractivity contribution in [1.82, 2.24) is 19.7 Å². The molecule has 2 heterocycles. The van der Waals surface area contributed by atoms with Crippen LogP contribution in [0.5, 0.6) is 0 Å². The first-order valence-corrected chi connectivity index (χ1v) is 8.51. The number of halogens is 1. The zero-order chi connectivity index (χ0) is 16.8. The van der Waals surface area contributed by atoms with Crippen LogP contribution in [0.2, 0.25) is 0 Å². The lowest BCUT2D eigenvalue weighted by Crippen LogP contribution is -2.39. The van der Waals surface area contributed by atoms with Crippen molar-refractivity contribution >= 4 is 5.91 Å². The second-order valence-corrected chi connectivity index (χ2v) is 7.01. The Morgan fingerprint density at radius 2 is 2.04 bits per heavy atom. The Hall–Kier alpha value is -2.24. The molecule has 1 aromatic carbocycles. The number of carbonyl (C=O) groups excluding carboxylic acids is 1. The second kappa shape index (κ2) is 5.69. The van der Waals surface area contributed by atoms with Gasteiger partial charge in [0, 0.05) is 24.9 Å². The molecule has 0 saturated heterocycles. The monoisotopic (exact) mass is 328 g/mol. The van der Waals surface area contributed by atoms with Gasteiger partial charge < -0.3 is 9.47 Å². The molecule has 4 rings (SSSR count). The number of carbonyl (C=O) groups is 1. The summed E-state index contributed by atoms with van der Waals surface area (Å²) in [6, 6.07) is 6.76. The quantitative estimate of drug-likeness (QED) is 0.870. The highest BCUT2D eigenvalue weighted by Crippen LogP contribution is 2.49. The van der Waals surface area contributed by atoms with Gasteiger partial charge in [0.05, 0.1) is 6.54 Å². The molecule has 1 fully saturated rings. The maximum Gasteiger partial charge on any atom is 0.226 e. The summed E-state index contributed by atoms with van der Waals surface area (Å²) in [6.45, 7) is 6.10. The molecule has 6 heteroatoms. The molecule has 1 amide bonds. The number of fused-ring (bicyclic) bond motifs is 1. The maximum atomic E-state index is 13.9. The van der Waals surface area contributed by atoms with Gasteiger partial charge in [-0.2, -0.15) is 0 Å². The lowest BCUT2D eigenvalue weighted by molar-refractivity contribution is -0.134. The molecule has 2 aliphatic rings. The van der Waals surface area contributed by atoms with Crippen LogP contribution in [-0.2, 0) is 17.9 Å². The Morgan fingerprint density at radius 1 is 1.25 bits per heavy atom. The first kappa shape index (κ1) is 15.3. The molecule has 0 bridgehead atoms. The molecular formula is C18H21FN4O. The zero-order valence-electron chi connectivity index (χ0n) is 13.9. The standard InChI is InChI=1S/C18H21FN4O/c1-11(2)17-21-20-16-10-22(7-8-23(16)17)18(24)14-9-13(14)12-5-3-4-6-15(12)19/h3-6,11,13-14H,7-10H2,1-2H3/t13-,14+/m1/s1. The SMILES string of the molecule is CC(C)c1nnc2n1CCN(C(=O)[C@H]1C[C@@H]1c1ccccc1F)C2. The van der Waals surface area contributed by atoms with Gasteiger partial charge in [-0.3, -0.25) is 4.79 Å². The Morgan fingerprint density at radius 3 is 2.79 bits per heavy atom. The van der Waals surface area contributed by atoms with Crippen LogP contribution in [0.25, 0.3) is 0 Å². The minimum Gasteiger partial charge on any atom is -0.333 e. The van der Waals surface area contributed by atoms with Crippen molar-refractivity contribution in [3.05, 3.63) is 47.3 Å². The highest BCUT2D eigenvalue weighted by molar-refractivity contribution is 5.83. The van der Waals surface area contributed by atoms with E-state index in [1.807, 2.05) is 11.0 Å². The maximum absolute atomic E-state index is 13.9. The average molecular weight is 328 g/mol. The largest absolute Gasteiger partial charge is 0.333 e. The number of aromatic nitrogens is 3. The van der Waals surface area contributed by atoms with Crippen LogP contribution in [0.1, 0.15) is 49.3 Å². The molecule has 1 aromatic heterocycles. The van der Waals surface area contributed by atoms with Crippen LogP contribution in [0.3, 0.4) is 0 Å². The van der Waals surface area contributed by atoms with Gasteiger partial charge in [0.15, 0.2) is 5.82 Å². The van der Waals surface area contributed by atoms with E-state index in [2.05, 4.69) is 28.6 Å². The Kier molecular flexibility index (Phi) is 3.62. The summed E-state index contributed by atoms with van der Waals surface area (Å²) in [5, 5.41) is 8.49. The molecule has 5 nitrogen and oxygen atoms in total. The molecule has 2 aromatic rings. The van der Waals surface area contributed by atoms with E-state index in [-0.39, 0.29) is 23.6 Å². The predicted octanol–water partition coefficient (Wildman–Crippen LogP) is 2.69. The van der Waals surface area contributed by atoms with E-state index in [1.165, 1.54) is 6.07 Å². The van der Waals surface area contributed by atoms with Gasteiger partial charge in [-0.1, -0.05) is 32.0 Å². The fourth-order valence-electron chi connectivity index (χ4n) is 3.62. The zero-order valence-corrected chi connectivity index (χ0v) is 13.9. The van der Waals surface area contributed by atoms with Crippen molar-refractivity contribution in [2.24, 2.45) is 5.92 Å². The van der Waals surface area contributed by atoms with Crippen molar-refractivity contribution < 1.29 is 9.18 Å². The molecule has 0 N–H and O–H groups in total. The topological polar surface area (TPSA) is 51.0 Å². The highest BCUT2D eigenvalue weighted by atomic mass is 19.1. The van der Waals surface area contributed by atoms with Crippen molar-refractivity contribution in [2.45, 2.75) is 45.2 Å². The molecule has 0 unspecified atom stereocenters. The molecular weight excluding hydrogens is 307 g/mol. The van der Waals surface area contributed by atoms with E-state index in [0.29, 0.717) is 24.6 Å². The smallest absolute Gasteiger partial charge is 0.226 e. The lowest BCUT2D eigenvalue weighted by Gasteiger charge is -2.28. The molecule has 2 atom stereocenters. The van der Waals surface area contributed by atoms with Gasteiger partial charge in [-0.25, -0.2) is 4.39 Å². The van der Waals surface area contributed by atoms with Crippen LogP contribution in [-0.4, -0.2) is 32.1 Å². The van der Waals surface area contributed by atoms with E-state index in [4.69, 9.17) is 0 Å². The minimum atomic E-state index is -0.210. The number of amides is 1. The third-order valence-corrected chi connectivity index (χ3v) is 5.02. The van der Waals surface area contributed by atoms with Crippen molar-refractivity contribution in [3.63, 3.8) is 0 Å². The summed E-state index contributed by atoms with van der Waals surface area (Å²) in [4.78, 5) is 14.6. The Bertz CT molecular complexity index is 785. The van der Waals surface area contributed by atoms with Crippen molar-refractivity contribution in [1.29, 1.82) is 0 Å². The summed E-state index contributed by atoms with van der Waals surface area (Å²) < 4.78 is 16.0. The number of hydrogen-bond donors (Lipinski definition) is 0. The lowest BCUT2D eigenvalue weighted by atomic mass is 10.1. The fraction of sp³-hybridized carbons (Fsp3) is 0.500. The van der Waals surface area contributed by atoms with Gasteiger partial charge in [-0.15, -0.1) is 10.2 Å². The van der Waals surface area contributed by atoms with Crippen LogP contribution in [0.4, 0.5) is 4.39 Å². The summed E-state index contributed by atoms with van der Waals surface area (Å²) >= 11 is 0. The van der Waals surface area contributed by atoms with Crippen molar-refractivity contribution in [3.8, 4) is 0 Å². The summed E-state index contributed by atoms with van der Waals surface area (Å²) in [7, 11) is 0. The molecule has 126 valence electrons. The van der Waals surface area contributed by atoms with E-state index >= 15 is 0 Å². The fourth-order valence-corrected chi connectivity index (χ4v) is 3.62. The third-order valence-electron chi connectivity index (χ3n) is 5.02. The Labute approximate surface area is 140 Å². The van der Waals surface area contributed by atoms with Gasteiger partial charge in [0.25, 0.3) is 0 Å². The second-order valence-electron chi connectivity index (χ2n) is 7.01. The molecule has 1 aliphatic carbocycles. The van der Waals surface area contributed by atoms with Crippen molar-refractivity contribution in [2.75, 3.05) is 6.54 Å². The molecule has 0 radical (unpaired) electrons. The third kappa shape index (κ3) is 2.50. The minimum absolute atomic E-state index is 0.0183. The number of hydrogen-bond acceptors (Lipinski definition) is 3. The normalized spacial score (nSPS) is 22.6. The molecule has 0 spiro atoms. The van der Waals surface area contributed by atoms with Crippen LogP contribution in [0, 0.1) is 11.7 Å². The first-order valence-electron chi connectivity index (χ1n) is 8.51. The number of nitrogens with zero attached hydrogens (tertiary/aromatic N) is 4. The molecule has 24 heavy (non-hydrogen) atoms. The summed E-state index contributed by atoms with van der Waals surface area (Å²) in [6.07, 6.45) is 0.736. The average Bonchev–Trinajstić information content (AvgIpc) is 3.24. The molecule has 1 saturated carbocycles. The summed E-state index contributed by atoms with van der Waals surface area (Å²) in [5.74, 6) is 1.98. The van der Waals surface area contributed by atoms with Gasteiger partial charge in [-0.05, 0) is 24.0 Å². The van der Waals surface area contributed by atoms with Crippen LogP contribution < -0.4 is 0 Å². The van der Waals surface area contributed by atoms with Crippen LogP contribution >= 0.6 is 0 Å². The van der Waals surface area contributed by atoms with Gasteiger partial charge >= 0.3 is 0 Å². The first-order chi connectivity index (χ1) is 11.6. The number of benzene rings is 1.